The molecule has 1 amide bonds. The van der Waals surface area contributed by atoms with Crippen molar-refractivity contribution in [1.82, 2.24) is 9.36 Å². The number of aromatic nitrogens is 2. The lowest BCUT2D eigenvalue weighted by atomic mass is 10.2. The average Bonchev–Trinajstić information content (AvgIpc) is 2.95. The number of rotatable bonds is 6. The SMILES string of the molecule is CC(C)N(C(=O)COc1nc([S+](C)[O-])ns1)c1ccccc1. The molecule has 2 aromatic rings. The molecule has 0 spiro atoms. The molecule has 0 aliphatic heterocycles. The molecule has 0 saturated heterocycles. The van der Waals surface area contributed by atoms with Crippen LogP contribution in [-0.2, 0) is 16.0 Å². The summed E-state index contributed by atoms with van der Waals surface area (Å²) in [4.78, 5) is 18.0. The van der Waals surface area contributed by atoms with Crippen LogP contribution in [0.15, 0.2) is 35.5 Å². The van der Waals surface area contributed by atoms with Crippen molar-refractivity contribution < 1.29 is 14.1 Å². The Balaban J connectivity index is 2.02. The van der Waals surface area contributed by atoms with Crippen molar-refractivity contribution in [1.29, 1.82) is 0 Å². The Morgan fingerprint density at radius 3 is 2.64 bits per heavy atom. The number of anilines is 1. The van der Waals surface area contributed by atoms with E-state index in [1.807, 2.05) is 44.2 Å². The van der Waals surface area contributed by atoms with Gasteiger partial charge in [-0.25, -0.2) is 0 Å². The Labute approximate surface area is 136 Å². The molecule has 0 N–H and O–H groups in total. The topological polar surface area (TPSA) is 78.4 Å². The van der Waals surface area contributed by atoms with E-state index in [0.717, 1.165) is 17.2 Å². The monoisotopic (exact) mass is 339 g/mol. The van der Waals surface area contributed by atoms with Crippen LogP contribution < -0.4 is 9.64 Å². The van der Waals surface area contributed by atoms with E-state index in [2.05, 4.69) is 9.36 Å². The van der Waals surface area contributed by atoms with Crippen LogP contribution in [0, 0.1) is 0 Å². The molecule has 8 heteroatoms. The van der Waals surface area contributed by atoms with Crippen LogP contribution in [0.5, 0.6) is 5.19 Å². The van der Waals surface area contributed by atoms with Gasteiger partial charge in [0.1, 0.15) is 6.26 Å². The average molecular weight is 339 g/mol. The molecule has 0 radical (unpaired) electrons. The second-order valence-corrected chi connectivity index (χ2v) is 6.77. The molecule has 0 aliphatic rings. The van der Waals surface area contributed by atoms with Gasteiger partial charge in [-0.3, -0.25) is 4.79 Å². The summed E-state index contributed by atoms with van der Waals surface area (Å²) in [5.41, 5.74) is 0.818. The minimum absolute atomic E-state index is 0.00614. The van der Waals surface area contributed by atoms with E-state index < -0.39 is 11.2 Å². The number of hydrogen-bond acceptors (Lipinski definition) is 6. The molecule has 22 heavy (non-hydrogen) atoms. The lowest BCUT2D eigenvalue weighted by molar-refractivity contribution is -0.120. The standard InChI is InChI=1S/C14H17N3O3S2/c1-10(2)17(11-7-5-4-6-8-11)12(18)9-20-14-15-13(16-21-14)22(3)19/h4-8,10H,9H2,1-3H3. The Morgan fingerprint density at radius 1 is 1.41 bits per heavy atom. The lowest BCUT2D eigenvalue weighted by Crippen LogP contribution is -2.40. The Bertz CT molecular complexity index is 617. The van der Waals surface area contributed by atoms with E-state index >= 15 is 0 Å². The molecular weight excluding hydrogens is 322 g/mol. The molecule has 0 saturated carbocycles. The lowest BCUT2D eigenvalue weighted by Gasteiger charge is -2.26. The largest absolute Gasteiger partial charge is 0.609 e. The van der Waals surface area contributed by atoms with Crippen LogP contribution >= 0.6 is 11.5 Å². The maximum Gasteiger partial charge on any atom is 0.357 e. The fourth-order valence-corrected chi connectivity index (χ4v) is 3.12. The van der Waals surface area contributed by atoms with Crippen molar-refractivity contribution >= 4 is 34.3 Å². The first-order valence-electron chi connectivity index (χ1n) is 6.66. The molecular formula is C14H17N3O3S2. The number of benzene rings is 1. The number of nitrogens with zero attached hydrogens (tertiary/aromatic N) is 3. The molecule has 1 atom stereocenters. The van der Waals surface area contributed by atoms with Crippen molar-refractivity contribution in [3.8, 4) is 5.19 Å². The second-order valence-electron chi connectivity index (χ2n) is 4.78. The normalized spacial score (nSPS) is 12.2. The van der Waals surface area contributed by atoms with Crippen molar-refractivity contribution in [3.05, 3.63) is 30.3 Å². The van der Waals surface area contributed by atoms with Gasteiger partial charge >= 0.3 is 5.16 Å². The molecule has 6 nitrogen and oxygen atoms in total. The van der Waals surface area contributed by atoms with Gasteiger partial charge in [-0.05, 0) is 26.0 Å². The summed E-state index contributed by atoms with van der Waals surface area (Å²) >= 11 is -0.267. The Kier molecular flexibility index (Phi) is 5.76. The van der Waals surface area contributed by atoms with Gasteiger partial charge in [0.15, 0.2) is 6.61 Å². The summed E-state index contributed by atoms with van der Waals surface area (Å²) in [6.45, 7) is 3.74. The first-order chi connectivity index (χ1) is 10.5. The van der Waals surface area contributed by atoms with E-state index in [0.29, 0.717) is 0 Å². The van der Waals surface area contributed by atoms with Crippen molar-refractivity contribution in [3.63, 3.8) is 0 Å². The van der Waals surface area contributed by atoms with Gasteiger partial charge in [-0.1, -0.05) is 18.2 Å². The smallest absolute Gasteiger partial charge is 0.357 e. The van der Waals surface area contributed by atoms with Crippen LogP contribution in [0.25, 0.3) is 0 Å². The van der Waals surface area contributed by atoms with Gasteiger partial charge in [0, 0.05) is 34.4 Å². The van der Waals surface area contributed by atoms with Gasteiger partial charge in [-0.2, -0.15) is 0 Å². The maximum absolute atomic E-state index is 12.4. The molecule has 1 unspecified atom stereocenters. The van der Waals surface area contributed by atoms with Crippen LogP contribution in [-0.4, -0.2) is 38.7 Å². The number of amides is 1. The van der Waals surface area contributed by atoms with Crippen LogP contribution in [0.4, 0.5) is 5.69 Å². The zero-order valence-corrected chi connectivity index (χ0v) is 14.2. The minimum atomic E-state index is -1.26. The minimum Gasteiger partial charge on any atom is -0.609 e. The summed E-state index contributed by atoms with van der Waals surface area (Å²) in [5.74, 6) is -0.171. The van der Waals surface area contributed by atoms with Crippen LogP contribution in [0.3, 0.4) is 0 Å². The first kappa shape index (κ1) is 16.7. The molecule has 0 fully saturated rings. The van der Waals surface area contributed by atoms with Gasteiger partial charge in [0.2, 0.25) is 0 Å². The third kappa shape index (κ3) is 4.19. The fourth-order valence-electron chi connectivity index (χ4n) is 1.88. The first-order valence-corrected chi connectivity index (χ1v) is 8.99. The van der Waals surface area contributed by atoms with E-state index in [-0.39, 0.29) is 28.9 Å². The number of para-hydroxylation sites is 1. The van der Waals surface area contributed by atoms with E-state index in [4.69, 9.17) is 4.74 Å². The van der Waals surface area contributed by atoms with Gasteiger partial charge in [0.05, 0.1) is 0 Å². The summed E-state index contributed by atoms with van der Waals surface area (Å²) in [5, 5.41) is 0.464. The summed E-state index contributed by atoms with van der Waals surface area (Å²) in [6.07, 6.45) is 1.49. The Morgan fingerprint density at radius 2 is 2.09 bits per heavy atom. The summed E-state index contributed by atoms with van der Waals surface area (Å²) < 4.78 is 20.5. The predicted molar refractivity (Wildman–Crippen MR) is 86.8 cm³/mol. The van der Waals surface area contributed by atoms with Gasteiger partial charge < -0.3 is 14.2 Å². The highest BCUT2D eigenvalue weighted by atomic mass is 32.2. The summed E-state index contributed by atoms with van der Waals surface area (Å²) in [7, 11) is 0. The zero-order chi connectivity index (χ0) is 16.1. The van der Waals surface area contributed by atoms with Gasteiger partial charge in [-0.15, -0.1) is 9.36 Å². The maximum atomic E-state index is 12.4. The highest BCUT2D eigenvalue weighted by Gasteiger charge is 2.21. The zero-order valence-electron chi connectivity index (χ0n) is 12.6. The predicted octanol–water partition coefficient (Wildman–Crippen LogP) is 2.10. The third-order valence-electron chi connectivity index (χ3n) is 2.78. The highest BCUT2D eigenvalue weighted by Crippen LogP contribution is 2.19. The number of ether oxygens (including phenoxy) is 1. The quantitative estimate of drug-likeness (QED) is 0.753. The fraction of sp³-hybridized carbons (Fsp3) is 0.357. The molecule has 118 valence electrons. The van der Waals surface area contributed by atoms with Crippen LogP contribution in [0.1, 0.15) is 13.8 Å². The Hall–Kier alpha value is -1.64. The third-order valence-corrected chi connectivity index (χ3v) is 4.23. The van der Waals surface area contributed by atoms with E-state index in [1.54, 1.807) is 4.90 Å². The highest BCUT2D eigenvalue weighted by molar-refractivity contribution is 7.90. The molecule has 1 aromatic carbocycles. The number of carbonyl (C=O) groups is 1. The van der Waals surface area contributed by atoms with Crippen molar-refractivity contribution in [2.24, 2.45) is 0 Å². The summed E-state index contributed by atoms with van der Waals surface area (Å²) in [6, 6.07) is 9.42. The number of carbonyl (C=O) groups excluding carboxylic acids is 1. The molecule has 2 rings (SSSR count). The van der Waals surface area contributed by atoms with E-state index in [1.165, 1.54) is 6.26 Å². The molecule has 1 heterocycles. The van der Waals surface area contributed by atoms with E-state index in [9.17, 15) is 9.35 Å². The number of hydrogen-bond donors (Lipinski definition) is 0. The second kappa shape index (κ2) is 7.57. The van der Waals surface area contributed by atoms with Gasteiger partial charge in [0.25, 0.3) is 11.1 Å². The van der Waals surface area contributed by atoms with Crippen LogP contribution in [0.2, 0.25) is 0 Å². The molecule has 1 aromatic heterocycles. The molecule has 0 aliphatic carbocycles. The van der Waals surface area contributed by atoms with Crippen molar-refractivity contribution in [2.75, 3.05) is 17.8 Å². The van der Waals surface area contributed by atoms with Crippen molar-refractivity contribution in [2.45, 2.75) is 25.0 Å². The molecule has 0 bridgehead atoms.